The van der Waals surface area contributed by atoms with E-state index in [9.17, 15) is 0 Å². The number of rotatable bonds is 3. The van der Waals surface area contributed by atoms with Crippen LogP contribution in [0.3, 0.4) is 0 Å². The van der Waals surface area contributed by atoms with Gasteiger partial charge in [-0.15, -0.1) is 0 Å². The molecular formula is C14H19Br2N3. The van der Waals surface area contributed by atoms with Crippen molar-refractivity contribution in [2.75, 3.05) is 39.3 Å². The van der Waals surface area contributed by atoms with E-state index in [-0.39, 0.29) is 0 Å². The van der Waals surface area contributed by atoms with E-state index in [1.165, 1.54) is 44.8 Å². The molecule has 1 aromatic rings. The fraction of sp³-hybridized carbons (Fsp3) is 0.571. The molecule has 0 aliphatic carbocycles. The van der Waals surface area contributed by atoms with Gasteiger partial charge in [0.15, 0.2) is 0 Å². The number of nitrogens with zero attached hydrogens (tertiary/aromatic N) is 2. The standard InChI is InChI=1S/C14H19Br2N3/c15-13-2-1-11(7-14(13)16)10-18-3-5-19(6-4-18)12-8-17-9-12/h1-2,7,12,17H,3-6,8-10H2. The lowest BCUT2D eigenvalue weighted by Crippen LogP contribution is -2.61. The third-order valence-electron chi connectivity index (χ3n) is 4.07. The minimum absolute atomic E-state index is 0.795. The van der Waals surface area contributed by atoms with Crippen molar-refractivity contribution < 1.29 is 0 Å². The zero-order chi connectivity index (χ0) is 13.2. The summed E-state index contributed by atoms with van der Waals surface area (Å²) in [6, 6.07) is 7.34. The normalized spacial score (nSPS) is 22.4. The van der Waals surface area contributed by atoms with Gasteiger partial charge in [-0.05, 0) is 49.6 Å². The summed E-state index contributed by atoms with van der Waals surface area (Å²) >= 11 is 7.10. The Morgan fingerprint density at radius 1 is 1.05 bits per heavy atom. The van der Waals surface area contributed by atoms with Crippen LogP contribution in [0, 0.1) is 0 Å². The molecule has 0 saturated carbocycles. The first-order valence-electron chi connectivity index (χ1n) is 6.83. The molecule has 5 heteroatoms. The van der Waals surface area contributed by atoms with Crippen molar-refractivity contribution in [3.63, 3.8) is 0 Å². The first-order valence-corrected chi connectivity index (χ1v) is 8.42. The maximum atomic E-state index is 3.58. The van der Waals surface area contributed by atoms with Crippen LogP contribution in [-0.2, 0) is 6.54 Å². The molecule has 0 atom stereocenters. The molecular weight excluding hydrogens is 370 g/mol. The van der Waals surface area contributed by atoms with Crippen molar-refractivity contribution >= 4 is 31.9 Å². The Bertz CT molecular complexity index is 440. The molecule has 19 heavy (non-hydrogen) atoms. The van der Waals surface area contributed by atoms with Crippen molar-refractivity contribution in [3.8, 4) is 0 Å². The number of benzene rings is 1. The molecule has 3 nitrogen and oxygen atoms in total. The van der Waals surface area contributed by atoms with Crippen molar-refractivity contribution in [3.05, 3.63) is 32.7 Å². The molecule has 0 amide bonds. The van der Waals surface area contributed by atoms with E-state index in [0.717, 1.165) is 21.5 Å². The van der Waals surface area contributed by atoms with Gasteiger partial charge in [0.05, 0.1) is 0 Å². The summed E-state index contributed by atoms with van der Waals surface area (Å²) < 4.78 is 2.27. The van der Waals surface area contributed by atoms with E-state index in [0.29, 0.717) is 0 Å². The van der Waals surface area contributed by atoms with Gasteiger partial charge in [-0.2, -0.15) is 0 Å². The van der Waals surface area contributed by atoms with Gasteiger partial charge in [0, 0.05) is 60.8 Å². The number of hydrogen-bond acceptors (Lipinski definition) is 3. The van der Waals surface area contributed by atoms with Gasteiger partial charge in [-0.1, -0.05) is 6.07 Å². The Labute approximate surface area is 131 Å². The molecule has 0 spiro atoms. The summed E-state index contributed by atoms with van der Waals surface area (Å²) in [5.74, 6) is 0. The topological polar surface area (TPSA) is 18.5 Å². The van der Waals surface area contributed by atoms with E-state index in [4.69, 9.17) is 0 Å². The molecule has 1 aromatic carbocycles. The highest BCUT2D eigenvalue weighted by Crippen LogP contribution is 2.24. The highest BCUT2D eigenvalue weighted by Gasteiger charge is 2.27. The maximum absolute atomic E-state index is 3.58. The summed E-state index contributed by atoms with van der Waals surface area (Å²) in [7, 11) is 0. The second-order valence-corrected chi connectivity index (χ2v) is 7.08. The fourth-order valence-electron chi connectivity index (χ4n) is 2.71. The molecule has 0 aromatic heterocycles. The molecule has 0 radical (unpaired) electrons. The van der Waals surface area contributed by atoms with Crippen LogP contribution in [-0.4, -0.2) is 55.1 Å². The van der Waals surface area contributed by atoms with Gasteiger partial charge in [0.25, 0.3) is 0 Å². The van der Waals surface area contributed by atoms with E-state index in [1.54, 1.807) is 0 Å². The molecule has 1 N–H and O–H groups in total. The van der Waals surface area contributed by atoms with Crippen LogP contribution in [0.4, 0.5) is 0 Å². The average molecular weight is 389 g/mol. The fourth-order valence-corrected chi connectivity index (χ4v) is 3.39. The Morgan fingerprint density at radius 2 is 1.79 bits per heavy atom. The highest BCUT2D eigenvalue weighted by atomic mass is 79.9. The summed E-state index contributed by atoms with van der Waals surface area (Å²) in [6.45, 7) is 8.21. The molecule has 104 valence electrons. The van der Waals surface area contributed by atoms with Crippen LogP contribution < -0.4 is 5.32 Å². The number of halogens is 2. The van der Waals surface area contributed by atoms with Crippen LogP contribution in [0.5, 0.6) is 0 Å². The molecule has 0 unspecified atom stereocenters. The monoisotopic (exact) mass is 387 g/mol. The lowest BCUT2D eigenvalue weighted by molar-refractivity contribution is 0.0695. The minimum atomic E-state index is 0.795. The quantitative estimate of drug-likeness (QED) is 0.857. The van der Waals surface area contributed by atoms with E-state index >= 15 is 0 Å². The predicted octanol–water partition coefficient (Wildman–Crippen LogP) is 2.30. The predicted molar refractivity (Wildman–Crippen MR) is 85.3 cm³/mol. The lowest BCUT2D eigenvalue weighted by Gasteiger charge is -2.43. The van der Waals surface area contributed by atoms with Crippen molar-refractivity contribution in [1.29, 1.82) is 0 Å². The van der Waals surface area contributed by atoms with Gasteiger partial charge in [0.2, 0.25) is 0 Å². The van der Waals surface area contributed by atoms with Crippen LogP contribution in [0.15, 0.2) is 27.1 Å². The maximum Gasteiger partial charge on any atom is 0.0346 e. The van der Waals surface area contributed by atoms with Gasteiger partial charge < -0.3 is 5.32 Å². The first-order chi connectivity index (χ1) is 9.22. The first kappa shape index (κ1) is 14.0. The van der Waals surface area contributed by atoms with E-state index < -0.39 is 0 Å². The molecule has 2 fully saturated rings. The third-order valence-corrected chi connectivity index (χ3v) is 5.95. The minimum Gasteiger partial charge on any atom is -0.314 e. The highest BCUT2D eigenvalue weighted by molar-refractivity contribution is 9.13. The molecule has 2 heterocycles. The number of piperazine rings is 1. The van der Waals surface area contributed by atoms with Crippen LogP contribution in [0.2, 0.25) is 0 Å². The second kappa shape index (κ2) is 6.22. The number of nitrogens with one attached hydrogen (secondary N) is 1. The summed E-state index contributed by atoms with van der Waals surface area (Å²) in [4.78, 5) is 5.18. The summed E-state index contributed by atoms with van der Waals surface area (Å²) in [5, 5.41) is 3.36. The largest absolute Gasteiger partial charge is 0.314 e. The van der Waals surface area contributed by atoms with Gasteiger partial charge in [-0.25, -0.2) is 0 Å². The van der Waals surface area contributed by atoms with Crippen LogP contribution >= 0.6 is 31.9 Å². The smallest absolute Gasteiger partial charge is 0.0346 e. The van der Waals surface area contributed by atoms with E-state index in [1.807, 2.05) is 0 Å². The van der Waals surface area contributed by atoms with E-state index in [2.05, 4.69) is 65.2 Å². The molecule has 0 bridgehead atoms. The zero-order valence-electron chi connectivity index (χ0n) is 10.9. The third kappa shape index (κ3) is 3.39. The van der Waals surface area contributed by atoms with Gasteiger partial charge >= 0.3 is 0 Å². The van der Waals surface area contributed by atoms with Crippen LogP contribution in [0.1, 0.15) is 5.56 Å². The molecule has 3 rings (SSSR count). The Kier molecular flexibility index (Phi) is 4.59. The van der Waals surface area contributed by atoms with Gasteiger partial charge in [-0.3, -0.25) is 9.80 Å². The van der Waals surface area contributed by atoms with Crippen molar-refractivity contribution in [1.82, 2.24) is 15.1 Å². The zero-order valence-corrected chi connectivity index (χ0v) is 14.1. The molecule has 2 aliphatic rings. The van der Waals surface area contributed by atoms with Crippen LogP contribution in [0.25, 0.3) is 0 Å². The lowest BCUT2D eigenvalue weighted by atomic mass is 10.1. The van der Waals surface area contributed by atoms with Crippen molar-refractivity contribution in [2.45, 2.75) is 12.6 Å². The Hall–Kier alpha value is 0.0600. The second-order valence-electron chi connectivity index (χ2n) is 5.37. The molecule has 2 aliphatic heterocycles. The molecule has 2 saturated heterocycles. The van der Waals surface area contributed by atoms with Gasteiger partial charge in [0.1, 0.15) is 0 Å². The number of hydrogen-bond donors (Lipinski definition) is 1. The average Bonchev–Trinajstić information content (AvgIpc) is 2.34. The van der Waals surface area contributed by atoms with Crippen molar-refractivity contribution in [2.24, 2.45) is 0 Å². The summed E-state index contributed by atoms with van der Waals surface area (Å²) in [5.41, 5.74) is 1.38. The Balaban J connectivity index is 1.52. The Morgan fingerprint density at radius 3 is 2.37 bits per heavy atom. The summed E-state index contributed by atoms with van der Waals surface area (Å²) in [6.07, 6.45) is 0. The SMILES string of the molecule is Brc1ccc(CN2CCN(C3CNC3)CC2)cc1Br.